The Morgan fingerprint density at radius 1 is 0.697 bits per heavy atom. The van der Waals surface area contributed by atoms with Gasteiger partial charge in [0.05, 0.1) is 37.7 Å². The van der Waals surface area contributed by atoms with Crippen molar-refractivity contribution in [2.45, 2.75) is 23.1 Å². The molecule has 7 rings (SSSR count). The van der Waals surface area contributed by atoms with Crippen molar-refractivity contribution in [3.8, 4) is 11.4 Å². The molecule has 0 bridgehead atoms. The van der Waals surface area contributed by atoms with Crippen LogP contribution in [0.4, 0.5) is 0 Å². The first-order chi connectivity index (χ1) is 16.1. The number of benzene rings is 4. The molecule has 6 heteroatoms. The van der Waals surface area contributed by atoms with Crippen molar-refractivity contribution < 1.29 is 8.42 Å². The van der Waals surface area contributed by atoms with Crippen LogP contribution in [0.1, 0.15) is 12.7 Å². The van der Waals surface area contributed by atoms with Crippen LogP contribution in [0.25, 0.3) is 44.2 Å². The summed E-state index contributed by atoms with van der Waals surface area (Å²) in [5.74, 6) is 0.849. The van der Waals surface area contributed by atoms with E-state index >= 15 is 0 Å². The highest BCUT2D eigenvalue weighted by atomic mass is 32.2. The van der Waals surface area contributed by atoms with Gasteiger partial charge in [-0.2, -0.15) is 0 Å². The molecule has 4 aromatic carbocycles. The lowest BCUT2D eigenvalue weighted by atomic mass is 10.2. The quantitative estimate of drug-likeness (QED) is 0.334. The van der Waals surface area contributed by atoms with Crippen LogP contribution in [0.15, 0.2) is 94.7 Å². The van der Waals surface area contributed by atoms with Crippen LogP contribution < -0.4 is 0 Å². The average Bonchev–Trinajstić information content (AvgIpc) is 3.39. The molecule has 160 valence electrons. The molecule has 0 saturated heterocycles. The van der Waals surface area contributed by atoms with Crippen molar-refractivity contribution in [1.82, 2.24) is 14.1 Å². The van der Waals surface area contributed by atoms with Gasteiger partial charge in [-0.25, -0.2) is 13.4 Å². The van der Waals surface area contributed by atoms with Crippen LogP contribution in [0.2, 0.25) is 0 Å². The van der Waals surface area contributed by atoms with Gasteiger partial charge in [-0.3, -0.25) is 4.57 Å². The van der Waals surface area contributed by atoms with Crippen molar-refractivity contribution in [3.63, 3.8) is 0 Å². The Bertz CT molecular complexity index is 1820. The summed E-state index contributed by atoms with van der Waals surface area (Å²) in [4.78, 5) is 5.66. The molecule has 0 N–H and O–H groups in total. The third-order valence-corrected chi connectivity index (χ3v) is 8.47. The first-order valence-electron chi connectivity index (χ1n) is 11.0. The van der Waals surface area contributed by atoms with Gasteiger partial charge in [-0.15, -0.1) is 0 Å². The number of sulfone groups is 1. The topological polar surface area (TPSA) is 56.9 Å². The molecule has 3 heterocycles. The fourth-order valence-corrected chi connectivity index (χ4v) is 6.87. The number of nitrogens with zero attached hydrogens (tertiary/aromatic N) is 3. The second kappa shape index (κ2) is 6.33. The number of para-hydroxylation sites is 3. The molecule has 6 aromatic rings. The Balaban J connectivity index is 1.69. The van der Waals surface area contributed by atoms with E-state index < -0.39 is 9.84 Å². The summed E-state index contributed by atoms with van der Waals surface area (Å²) in [6.45, 7) is 2.05. The molecule has 0 amide bonds. The standard InChI is InChI=1S/C27H19N3O2S/c1-2-25-28-26-22(29-19-11-5-3-9-17(19)18-10-4-6-12-20(18)29)15-16-24-27(26)30(25)21-13-7-8-14-23(21)33(24,31)32/h3-16H,2H2,1H3. The van der Waals surface area contributed by atoms with E-state index in [1.807, 2.05) is 47.0 Å². The molecule has 0 unspecified atom stereocenters. The lowest BCUT2D eigenvalue weighted by molar-refractivity contribution is 0.594. The lowest BCUT2D eigenvalue weighted by Gasteiger charge is -2.21. The predicted octanol–water partition coefficient (Wildman–Crippen LogP) is 5.83. The molecule has 0 fully saturated rings. The van der Waals surface area contributed by atoms with Crippen LogP contribution >= 0.6 is 0 Å². The maximum atomic E-state index is 13.6. The lowest BCUT2D eigenvalue weighted by Crippen LogP contribution is -2.16. The summed E-state index contributed by atoms with van der Waals surface area (Å²) in [7, 11) is -3.64. The fourth-order valence-electron chi connectivity index (χ4n) is 5.25. The van der Waals surface area contributed by atoms with E-state index in [1.165, 1.54) is 0 Å². The molecule has 1 aliphatic rings. The fraction of sp³-hybridized carbons (Fsp3) is 0.0741. The Morgan fingerprint density at radius 3 is 2.03 bits per heavy atom. The van der Waals surface area contributed by atoms with Gasteiger partial charge < -0.3 is 4.57 Å². The van der Waals surface area contributed by atoms with Gasteiger partial charge in [-0.05, 0) is 36.4 Å². The van der Waals surface area contributed by atoms with Crippen LogP contribution in [0.5, 0.6) is 0 Å². The van der Waals surface area contributed by atoms with Gasteiger partial charge in [0.25, 0.3) is 0 Å². The van der Waals surface area contributed by atoms with Crippen molar-refractivity contribution in [3.05, 3.63) is 90.8 Å². The maximum Gasteiger partial charge on any atom is 0.210 e. The Morgan fingerprint density at radius 2 is 1.33 bits per heavy atom. The molecule has 5 nitrogen and oxygen atoms in total. The number of imidazole rings is 1. The molecule has 0 aliphatic carbocycles. The number of hydrogen-bond donors (Lipinski definition) is 0. The van der Waals surface area contributed by atoms with Gasteiger partial charge >= 0.3 is 0 Å². The smallest absolute Gasteiger partial charge is 0.210 e. The number of fused-ring (bicyclic) bond motifs is 5. The van der Waals surface area contributed by atoms with Crippen LogP contribution in [0, 0.1) is 0 Å². The first-order valence-corrected chi connectivity index (χ1v) is 12.5. The minimum absolute atomic E-state index is 0.313. The minimum atomic E-state index is -3.64. The number of aromatic nitrogens is 3. The molecular weight excluding hydrogens is 430 g/mol. The monoisotopic (exact) mass is 449 g/mol. The predicted molar refractivity (Wildman–Crippen MR) is 130 cm³/mol. The summed E-state index contributed by atoms with van der Waals surface area (Å²) in [5.41, 5.74) is 5.05. The van der Waals surface area contributed by atoms with Crippen molar-refractivity contribution in [1.29, 1.82) is 0 Å². The molecule has 1 aliphatic heterocycles. The zero-order valence-corrected chi connectivity index (χ0v) is 18.7. The van der Waals surface area contributed by atoms with E-state index in [-0.39, 0.29) is 0 Å². The highest BCUT2D eigenvalue weighted by Gasteiger charge is 2.34. The van der Waals surface area contributed by atoms with Gasteiger partial charge in [-0.1, -0.05) is 55.5 Å². The summed E-state index contributed by atoms with van der Waals surface area (Å²) in [6, 6.07) is 27.4. The van der Waals surface area contributed by atoms with Crippen LogP contribution in [0.3, 0.4) is 0 Å². The van der Waals surface area contributed by atoms with Crippen LogP contribution in [-0.2, 0) is 16.3 Å². The summed E-state index contributed by atoms with van der Waals surface area (Å²) < 4.78 is 31.3. The van der Waals surface area contributed by atoms with E-state index in [0.717, 1.165) is 33.3 Å². The molecular formula is C27H19N3O2S. The van der Waals surface area contributed by atoms with E-state index in [1.54, 1.807) is 18.2 Å². The van der Waals surface area contributed by atoms with E-state index in [2.05, 4.69) is 35.8 Å². The molecule has 0 spiro atoms. The number of hydrogen-bond acceptors (Lipinski definition) is 3. The Hall–Kier alpha value is -3.90. The zero-order chi connectivity index (χ0) is 22.3. The molecule has 0 atom stereocenters. The van der Waals surface area contributed by atoms with E-state index in [9.17, 15) is 8.42 Å². The van der Waals surface area contributed by atoms with Gasteiger partial charge in [0.15, 0.2) is 0 Å². The third-order valence-electron chi connectivity index (χ3n) is 6.64. The third kappa shape index (κ3) is 2.26. The number of rotatable bonds is 2. The maximum absolute atomic E-state index is 13.6. The molecule has 2 aromatic heterocycles. The highest BCUT2D eigenvalue weighted by molar-refractivity contribution is 7.92. The normalized spacial score (nSPS) is 14.2. The highest BCUT2D eigenvalue weighted by Crippen LogP contribution is 2.42. The first kappa shape index (κ1) is 18.7. The Kier molecular flexibility index (Phi) is 3.58. The summed E-state index contributed by atoms with van der Waals surface area (Å²) >= 11 is 0. The largest absolute Gasteiger partial charge is 0.307 e. The average molecular weight is 450 g/mol. The summed E-state index contributed by atoms with van der Waals surface area (Å²) in [6.07, 6.45) is 0.690. The van der Waals surface area contributed by atoms with Gasteiger partial charge in [0.1, 0.15) is 11.3 Å². The number of aryl methyl sites for hydroxylation is 1. The van der Waals surface area contributed by atoms with E-state index in [0.29, 0.717) is 32.9 Å². The van der Waals surface area contributed by atoms with Crippen molar-refractivity contribution >= 4 is 42.7 Å². The second-order valence-electron chi connectivity index (χ2n) is 8.34. The van der Waals surface area contributed by atoms with Gasteiger partial charge in [0, 0.05) is 17.2 Å². The molecule has 0 radical (unpaired) electrons. The van der Waals surface area contributed by atoms with Gasteiger partial charge in [0.2, 0.25) is 9.84 Å². The Labute approximate surface area is 190 Å². The zero-order valence-electron chi connectivity index (χ0n) is 17.9. The van der Waals surface area contributed by atoms with Crippen molar-refractivity contribution in [2.75, 3.05) is 0 Å². The summed E-state index contributed by atoms with van der Waals surface area (Å²) in [5, 5.41) is 2.32. The molecule has 0 saturated carbocycles. The van der Waals surface area contributed by atoms with Crippen LogP contribution in [-0.4, -0.2) is 22.5 Å². The SMILES string of the molecule is CCc1nc2c(-n3c4ccccc4c4ccccc43)ccc3c2n1-c1ccccc1S3(=O)=O. The minimum Gasteiger partial charge on any atom is -0.307 e. The second-order valence-corrected chi connectivity index (χ2v) is 10.2. The van der Waals surface area contributed by atoms with E-state index in [4.69, 9.17) is 4.98 Å². The van der Waals surface area contributed by atoms with Crippen molar-refractivity contribution in [2.24, 2.45) is 0 Å². The molecule has 33 heavy (non-hydrogen) atoms.